The lowest BCUT2D eigenvalue weighted by atomic mass is 9.89. The number of rotatable bonds is 5. The number of anilines is 1. The number of nitrogens with zero attached hydrogens (tertiary/aromatic N) is 3. The summed E-state index contributed by atoms with van der Waals surface area (Å²) >= 11 is 0. The number of ether oxygens (including phenoxy) is 3. The van der Waals surface area contributed by atoms with Crippen molar-refractivity contribution in [3.63, 3.8) is 0 Å². The first-order chi connectivity index (χ1) is 14.5. The van der Waals surface area contributed by atoms with Gasteiger partial charge in [0.25, 0.3) is 0 Å². The number of aromatic nitrogens is 2. The zero-order valence-corrected chi connectivity index (χ0v) is 17.1. The highest BCUT2D eigenvalue weighted by atomic mass is 19.1. The summed E-state index contributed by atoms with van der Waals surface area (Å²) in [5.41, 5.74) is 0.698. The number of fused-ring (bicyclic) bond motifs is 1. The molecule has 3 aromatic rings. The molecule has 1 fully saturated rings. The third kappa shape index (κ3) is 3.58. The Morgan fingerprint density at radius 2 is 1.53 bits per heavy atom. The molecule has 1 aliphatic heterocycles. The fraction of sp³-hybridized carbons (Fsp3) is 0.364. The first-order valence-corrected chi connectivity index (χ1v) is 9.71. The number of benzene rings is 2. The summed E-state index contributed by atoms with van der Waals surface area (Å²) in [6.07, 6.45) is 3.15. The third-order valence-corrected chi connectivity index (χ3v) is 5.60. The molecule has 30 heavy (non-hydrogen) atoms. The fourth-order valence-electron chi connectivity index (χ4n) is 4.16. The Balaban J connectivity index is 1.66. The van der Waals surface area contributed by atoms with E-state index < -0.39 is 11.6 Å². The maximum Gasteiger partial charge on any atom is 0.204 e. The van der Waals surface area contributed by atoms with Crippen molar-refractivity contribution in [2.24, 2.45) is 0 Å². The van der Waals surface area contributed by atoms with Crippen LogP contribution in [0.2, 0.25) is 0 Å². The molecule has 0 saturated carbocycles. The number of hydrogen-bond acceptors (Lipinski definition) is 6. The molecule has 0 amide bonds. The highest BCUT2D eigenvalue weighted by molar-refractivity contribution is 5.99. The Labute approximate surface area is 173 Å². The predicted octanol–water partition coefficient (Wildman–Crippen LogP) is 4.32. The molecule has 1 aliphatic rings. The first-order valence-electron chi connectivity index (χ1n) is 9.71. The first kappa shape index (κ1) is 20.1. The lowest BCUT2D eigenvalue weighted by Gasteiger charge is -2.33. The van der Waals surface area contributed by atoms with Gasteiger partial charge in [-0.05, 0) is 42.5 Å². The van der Waals surface area contributed by atoms with Crippen molar-refractivity contribution in [2.75, 3.05) is 39.3 Å². The van der Waals surface area contributed by atoms with Gasteiger partial charge in [0.05, 0.1) is 32.9 Å². The third-order valence-electron chi connectivity index (χ3n) is 5.60. The average molecular weight is 415 g/mol. The molecule has 0 N–H and O–H groups in total. The molecule has 1 aromatic heterocycles. The molecule has 158 valence electrons. The lowest BCUT2D eigenvalue weighted by Crippen LogP contribution is -2.33. The van der Waals surface area contributed by atoms with Gasteiger partial charge in [-0.2, -0.15) is 5.10 Å². The van der Waals surface area contributed by atoms with Crippen LogP contribution >= 0.6 is 0 Å². The van der Waals surface area contributed by atoms with Gasteiger partial charge in [-0.25, -0.2) is 8.78 Å². The molecule has 4 rings (SSSR count). The summed E-state index contributed by atoms with van der Waals surface area (Å²) in [4.78, 5) is 2.13. The van der Waals surface area contributed by atoms with E-state index in [0.29, 0.717) is 35.9 Å². The molecule has 6 nitrogen and oxygen atoms in total. The van der Waals surface area contributed by atoms with Gasteiger partial charge in [0.1, 0.15) is 11.6 Å². The standard InChI is InChI=1S/C22H23F2N3O3/c1-28-19-11-17-18(20(29-2)21(19)30-3)12-25-26-22(17)27-6-4-13(5-7-27)14-8-15(23)10-16(24)9-14/h8-13H,4-7H2,1-3H3. The smallest absolute Gasteiger partial charge is 0.204 e. The Morgan fingerprint density at radius 3 is 2.13 bits per heavy atom. The molecule has 1 saturated heterocycles. The number of methoxy groups -OCH3 is 3. The van der Waals surface area contributed by atoms with E-state index in [2.05, 4.69) is 15.1 Å². The molecular formula is C22H23F2N3O3. The van der Waals surface area contributed by atoms with Gasteiger partial charge in [0.15, 0.2) is 17.3 Å². The number of halogens is 2. The van der Waals surface area contributed by atoms with Crippen LogP contribution < -0.4 is 19.1 Å². The van der Waals surface area contributed by atoms with Crippen LogP contribution in [0.3, 0.4) is 0 Å². The Bertz CT molecular complexity index is 1050. The highest BCUT2D eigenvalue weighted by Gasteiger charge is 2.26. The second kappa shape index (κ2) is 8.30. The molecule has 0 bridgehead atoms. The molecule has 0 unspecified atom stereocenters. The Kier molecular flexibility index (Phi) is 5.57. The van der Waals surface area contributed by atoms with Gasteiger partial charge in [0, 0.05) is 24.5 Å². The van der Waals surface area contributed by atoms with E-state index >= 15 is 0 Å². The van der Waals surface area contributed by atoms with Gasteiger partial charge in [-0.1, -0.05) is 0 Å². The van der Waals surface area contributed by atoms with Gasteiger partial charge in [0.2, 0.25) is 5.75 Å². The number of hydrogen-bond donors (Lipinski definition) is 0. The van der Waals surface area contributed by atoms with Crippen LogP contribution in [0.4, 0.5) is 14.6 Å². The molecule has 0 atom stereocenters. The summed E-state index contributed by atoms with van der Waals surface area (Å²) in [6.45, 7) is 1.38. The van der Waals surface area contributed by atoms with Gasteiger partial charge < -0.3 is 19.1 Å². The molecule has 0 aliphatic carbocycles. The van der Waals surface area contributed by atoms with E-state index in [-0.39, 0.29) is 5.92 Å². The summed E-state index contributed by atoms with van der Waals surface area (Å²) in [5, 5.41) is 10.1. The zero-order chi connectivity index (χ0) is 21.3. The van der Waals surface area contributed by atoms with Crippen LogP contribution in [-0.2, 0) is 0 Å². The van der Waals surface area contributed by atoms with Crippen LogP contribution in [0.15, 0.2) is 30.5 Å². The van der Waals surface area contributed by atoms with Crippen molar-refractivity contribution in [3.05, 3.63) is 47.7 Å². The van der Waals surface area contributed by atoms with Crippen molar-refractivity contribution in [1.82, 2.24) is 10.2 Å². The average Bonchev–Trinajstić information content (AvgIpc) is 2.76. The minimum Gasteiger partial charge on any atom is -0.493 e. The molecule has 2 heterocycles. The maximum absolute atomic E-state index is 13.6. The van der Waals surface area contributed by atoms with Crippen molar-refractivity contribution >= 4 is 16.6 Å². The highest BCUT2D eigenvalue weighted by Crippen LogP contribution is 2.45. The van der Waals surface area contributed by atoms with Gasteiger partial charge in [-0.3, -0.25) is 0 Å². The summed E-state index contributed by atoms with van der Waals surface area (Å²) in [6, 6.07) is 5.61. The maximum atomic E-state index is 13.6. The molecule has 2 aromatic carbocycles. The fourth-order valence-corrected chi connectivity index (χ4v) is 4.16. The van der Waals surface area contributed by atoms with Gasteiger partial charge in [-0.15, -0.1) is 5.10 Å². The van der Waals surface area contributed by atoms with Crippen molar-refractivity contribution in [1.29, 1.82) is 0 Å². The monoisotopic (exact) mass is 415 g/mol. The summed E-state index contributed by atoms with van der Waals surface area (Å²) < 4.78 is 43.7. The van der Waals surface area contributed by atoms with E-state index in [1.54, 1.807) is 27.5 Å². The van der Waals surface area contributed by atoms with Crippen molar-refractivity contribution in [2.45, 2.75) is 18.8 Å². The van der Waals surface area contributed by atoms with Crippen molar-refractivity contribution < 1.29 is 23.0 Å². The second-order valence-electron chi connectivity index (χ2n) is 7.24. The molecule has 0 radical (unpaired) electrons. The molecule has 8 heteroatoms. The van der Waals surface area contributed by atoms with Crippen LogP contribution in [-0.4, -0.2) is 44.6 Å². The Hall–Kier alpha value is -3.16. The van der Waals surface area contributed by atoms with E-state index in [0.717, 1.165) is 35.5 Å². The SMILES string of the molecule is COc1cc2c(N3CCC(c4cc(F)cc(F)c4)CC3)nncc2c(OC)c1OC. The molecule has 0 spiro atoms. The minimum atomic E-state index is -0.541. The quantitative estimate of drug-likeness (QED) is 0.619. The van der Waals surface area contributed by atoms with E-state index in [9.17, 15) is 8.78 Å². The van der Waals surface area contributed by atoms with E-state index in [4.69, 9.17) is 14.2 Å². The molecular weight excluding hydrogens is 392 g/mol. The van der Waals surface area contributed by atoms with Crippen LogP contribution in [0, 0.1) is 11.6 Å². The van der Waals surface area contributed by atoms with Gasteiger partial charge >= 0.3 is 0 Å². The topological polar surface area (TPSA) is 56.7 Å². The van der Waals surface area contributed by atoms with Crippen molar-refractivity contribution in [3.8, 4) is 17.2 Å². The normalized spacial score (nSPS) is 14.8. The zero-order valence-electron chi connectivity index (χ0n) is 17.1. The summed E-state index contributed by atoms with van der Waals surface area (Å²) in [5.74, 6) is 1.31. The number of piperidine rings is 1. The Morgan fingerprint density at radius 1 is 0.867 bits per heavy atom. The van der Waals surface area contributed by atoms with Crippen LogP contribution in [0.1, 0.15) is 24.3 Å². The van der Waals surface area contributed by atoms with Crippen LogP contribution in [0.5, 0.6) is 17.2 Å². The minimum absolute atomic E-state index is 0.0959. The largest absolute Gasteiger partial charge is 0.493 e. The second-order valence-corrected chi connectivity index (χ2v) is 7.24. The van der Waals surface area contributed by atoms with E-state index in [1.165, 1.54) is 12.1 Å². The van der Waals surface area contributed by atoms with E-state index in [1.807, 2.05) is 6.07 Å². The predicted molar refractivity (Wildman–Crippen MR) is 110 cm³/mol. The lowest BCUT2D eigenvalue weighted by molar-refractivity contribution is 0.327. The van der Waals surface area contributed by atoms with Crippen LogP contribution in [0.25, 0.3) is 10.8 Å². The summed E-state index contributed by atoms with van der Waals surface area (Å²) in [7, 11) is 4.70.